The molecule has 1 heterocycles. The largest absolute Gasteiger partial charge is 0.416 e. The van der Waals surface area contributed by atoms with Crippen molar-refractivity contribution in [3.8, 4) is 0 Å². The van der Waals surface area contributed by atoms with Gasteiger partial charge in [-0.1, -0.05) is 6.07 Å². The van der Waals surface area contributed by atoms with Crippen LogP contribution in [0.15, 0.2) is 23.1 Å². The summed E-state index contributed by atoms with van der Waals surface area (Å²) >= 11 is 0. The molecule has 2 atom stereocenters. The first-order chi connectivity index (χ1) is 8.62. The van der Waals surface area contributed by atoms with Crippen molar-refractivity contribution in [3.63, 3.8) is 0 Å². The predicted molar refractivity (Wildman–Crippen MR) is 64.4 cm³/mol. The fourth-order valence-electron chi connectivity index (χ4n) is 2.32. The van der Waals surface area contributed by atoms with Gasteiger partial charge in [0, 0.05) is 6.04 Å². The summed E-state index contributed by atoms with van der Waals surface area (Å²) in [5, 5.41) is -0.717. The molecular formula is C12H14F3NO2S. The van der Waals surface area contributed by atoms with Crippen LogP contribution >= 0.6 is 0 Å². The summed E-state index contributed by atoms with van der Waals surface area (Å²) in [4.78, 5) is -0.201. The average molecular weight is 293 g/mol. The van der Waals surface area contributed by atoms with E-state index in [9.17, 15) is 21.6 Å². The molecular weight excluding hydrogens is 279 g/mol. The third-order valence-electron chi connectivity index (χ3n) is 3.22. The zero-order chi connectivity index (χ0) is 14.4. The molecule has 0 saturated heterocycles. The van der Waals surface area contributed by atoms with Crippen molar-refractivity contribution in [2.75, 3.05) is 0 Å². The summed E-state index contributed by atoms with van der Waals surface area (Å²) in [6.07, 6.45) is -4.06. The Balaban J connectivity index is 2.45. The third-order valence-corrected chi connectivity index (χ3v) is 5.45. The minimum absolute atomic E-state index is 0.201. The lowest BCUT2D eigenvalue weighted by Gasteiger charge is -2.12. The van der Waals surface area contributed by atoms with Crippen molar-refractivity contribution in [2.24, 2.45) is 5.73 Å². The number of halogens is 3. The number of hydrogen-bond donors (Lipinski definition) is 1. The van der Waals surface area contributed by atoms with E-state index in [1.165, 1.54) is 6.07 Å². The van der Waals surface area contributed by atoms with E-state index in [2.05, 4.69) is 0 Å². The average Bonchev–Trinajstić information content (AvgIpc) is 2.49. The summed E-state index contributed by atoms with van der Waals surface area (Å²) in [6.45, 7) is 1.68. The van der Waals surface area contributed by atoms with E-state index in [1.807, 2.05) is 0 Å². The third kappa shape index (κ3) is 2.62. The van der Waals surface area contributed by atoms with Crippen LogP contribution in [0.2, 0.25) is 0 Å². The molecule has 2 N–H and O–H groups in total. The highest BCUT2D eigenvalue weighted by atomic mass is 32.2. The molecule has 0 fully saturated rings. The summed E-state index contributed by atoms with van der Waals surface area (Å²) < 4.78 is 62.2. The number of fused-ring (bicyclic) bond motifs is 1. The lowest BCUT2D eigenvalue weighted by molar-refractivity contribution is -0.137. The Morgan fingerprint density at radius 1 is 1.42 bits per heavy atom. The maximum atomic E-state index is 12.6. The van der Waals surface area contributed by atoms with Gasteiger partial charge >= 0.3 is 6.18 Å². The maximum Gasteiger partial charge on any atom is 0.416 e. The zero-order valence-corrected chi connectivity index (χ0v) is 11.1. The summed E-state index contributed by atoms with van der Waals surface area (Å²) in [5.74, 6) is 0. The lowest BCUT2D eigenvalue weighted by Crippen LogP contribution is -2.27. The topological polar surface area (TPSA) is 60.2 Å². The van der Waals surface area contributed by atoms with Gasteiger partial charge in [0.15, 0.2) is 9.84 Å². The predicted octanol–water partition coefficient (Wildman–Crippen LogP) is 2.14. The van der Waals surface area contributed by atoms with Crippen LogP contribution in [0.4, 0.5) is 13.2 Å². The van der Waals surface area contributed by atoms with Gasteiger partial charge in [0.1, 0.15) is 0 Å². The molecule has 0 radical (unpaired) electrons. The van der Waals surface area contributed by atoms with Crippen LogP contribution in [-0.2, 0) is 22.4 Å². The molecule has 0 aromatic heterocycles. The highest BCUT2D eigenvalue weighted by molar-refractivity contribution is 7.92. The highest BCUT2D eigenvalue weighted by Crippen LogP contribution is 2.38. The second-order valence-electron chi connectivity index (χ2n) is 4.90. The minimum atomic E-state index is -4.54. The number of sulfone groups is 1. The van der Waals surface area contributed by atoms with Crippen LogP contribution in [0.1, 0.15) is 24.5 Å². The van der Waals surface area contributed by atoms with Crippen molar-refractivity contribution < 1.29 is 21.6 Å². The Labute approximate surface area is 109 Å². The Kier molecular flexibility index (Phi) is 3.38. The van der Waals surface area contributed by atoms with E-state index in [1.54, 1.807) is 6.92 Å². The molecule has 1 aliphatic rings. The highest BCUT2D eigenvalue weighted by Gasteiger charge is 2.40. The van der Waals surface area contributed by atoms with E-state index in [0.29, 0.717) is 5.56 Å². The van der Waals surface area contributed by atoms with Crippen molar-refractivity contribution in [2.45, 2.75) is 42.1 Å². The molecule has 2 unspecified atom stereocenters. The van der Waals surface area contributed by atoms with Crippen molar-refractivity contribution >= 4 is 9.84 Å². The fourth-order valence-corrected chi connectivity index (χ4v) is 4.45. The standard InChI is InChI=1S/C12H14F3NO2S/c1-7(16)4-10-5-8-2-3-9(12(13,14)15)6-11(8)19(10,17)18/h2-3,6-7,10H,4-5,16H2,1H3. The van der Waals surface area contributed by atoms with E-state index in [-0.39, 0.29) is 23.8 Å². The SMILES string of the molecule is CC(N)CC1Cc2ccc(C(F)(F)F)cc2S1(=O)=O. The Morgan fingerprint density at radius 2 is 2.05 bits per heavy atom. The Morgan fingerprint density at radius 3 is 2.58 bits per heavy atom. The fraction of sp³-hybridized carbons (Fsp3) is 0.500. The van der Waals surface area contributed by atoms with Crippen LogP contribution in [0, 0.1) is 0 Å². The van der Waals surface area contributed by atoms with Gasteiger partial charge in [-0.05, 0) is 37.5 Å². The van der Waals surface area contributed by atoms with Gasteiger partial charge in [-0.2, -0.15) is 13.2 Å². The second kappa shape index (κ2) is 4.49. The summed E-state index contributed by atoms with van der Waals surface area (Å²) in [5.41, 5.74) is 5.09. The van der Waals surface area contributed by atoms with E-state index < -0.39 is 26.8 Å². The molecule has 0 bridgehead atoms. The molecule has 19 heavy (non-hydrogen) atoms. The summed E-state index contributed by atoms with van der Waals surface area (Å²) in [7, 11) is -3.70. The number of alkyl halides is 3. The van der Waals surface area contributed by atoms with Crippen molar-refractivity contribution in [3.05, 3.63) is 29.3 Å². The molecule has 0 aliphatic carbocycles. The van der Waals surface area contributed by atoms with Gasteiger partial charge in [0.05, 0.1) is 15.7 Å². The second-order valence-corrected chi connectivity index (χ2v) is 7.10. The summed E-state index contributed by atoms with van der Waals surface area (Å²) in [6, 6.07) is 2.59. The number of nitrogens with two attached hydrogens (primary N) is 1. The van der Waals surface area contributed by atoms with E-state index in [0.717, 1.165) is 12.1 Å². The molecule has 2 rings (SSSR count). The minimum Gasteiger partial charge on any atom is -0.328 e. The van der Waals surface area contributed by atoms with Gasteiger partial charge in [0.2, 0.25) is 0 Å². The Hall–Kier alpha value is -1.08. The molecule has 106 valence electrons. The smallest absolute Gasteiger partial charge is 0.328 e. The maximum absolute atomic E-state index is 12.6. The molecule has 1 aromatic carbocycles. The Bertz CT molecular complexity index is 593. The molecule has 7 heteroatoms. The normalized spacial score (nSPS) is 23.1. The monoisotopic (exact) mass is 293 g/mol. The first-order valence-corrected chi connectivity index (χ1v) is 7.36. The van der Waals surface area contributed by atoms with E-state index >= 15 is 0 Å². The van der Waals surface area contributed by atoms with E-state index in [4.69, 9.17) is 5.73 Å². The van der Waals surface area contributed by atoms with Gasteiger partial charge in [-0.3, -0.25) is 0 Å². The van der Waals surface area contributed by atoms with Gasteiger partial charge < -0.3 is 5.73 Å². The molecule has 0 saturated carbocycles. The van der Waals surface area contributed by atoms with Crippen molar-refractivity contribution in [1.29, 1.82) is 0 Å². The number of hydrogen-bond acceptors (Lipinski definition) is 3. The zero-order valence-electron chi connectivity index (χ0n) is 10.2. The van der Waals surface area contributed by atoms with Crippen LogP contribution in [0.25, 0.3) is 0 Å². The van der Waals surface area contributed by atoms with Crippen LogP contribution in [-0.4, -0.2) is 19.7 Å². The first kappa shape index (κ1) is 14.3. The van der Waals surface area contributed by atoms with Gasteiger partial charge in [-0.25, -0.2) is 8.42 Å². The number of benzene rings is 1. The van der Waals surface area contributed by atoms with Crippen LogP contribution in [0.5, 0.6) is 0 Å². The lowest BCUT2D eigenvalue weighted by atomic mass is 10.0. The van der Waals surface area contributed by atoms with Gasteiger partial charge in [0.25, 0.3) is 0 Å². The number of rotatable bonds is 2. The van der Waals surface area contributed by atoms with Crippen molar-refractivity contribution in [1.82, 2.24) is 0 Å². The molecule has 1 aliphatic heterocycles. The quantitative estimate of drug-likeness (QED) is 0.909. The molecule has 0 amide bonds. The first-order valence-electron chi connectivity index (χ1n) is 5.82. The van der Waals surface area contributed by atoms with Crippen LogP contribution in [0.3, 0.4) is 0 Å². The molecule has 0 spiro atoms. The molecule has 3 nitrogen and oxygen atoms in total. The molecule has 1 aromatic rings. The van der Waals surface area contributed by atoms with Crippen LogP contribution < -0.4 is 5.73 Å². The van der Waals surface area contributed by atoms with Gasteiger partial charge in [-0.15, -0.1) is 0 Å².